The minimum absolute atomic E-state index is 0. The molecule has 0 aromatic rings. The zero-order valence-corrected chi connectivity index (χ0v) is 18.7. The summed E-state index contributed by atoms with van der Waals surface area (Å²) in [6.45, 7) is 11.2. The summed E-state index contributed by atoms with van der Waals surface area (Å²) in [4.78, 5) is 32.0. The van der Waals surface area contributed by atoms with Crippen molar-refractivity contribution < 1.29 is 11.0 Å². The van der Waals surface area contributed by atoms with Crippen molar-refractivity contribution in [3.63, 3.8) is 0 Å². The highest BCUT2D eigenvalue weighted by atomic mass is 16.2. The maximum absolute atomic E-state index is 13.0. The van der Waals surface area contributed by atoms with Crippen molar-refractivity contribution in [2.75, 3.05) is 45.8 Å². The van der Waals surface area contributed by atoms with Gasteiger partial charge in [0.25, 0.3) is 0 Å². The predicted molar refractivity (Wildman–Crippen MR) is 119 cm³/mol. The molecule has 0 bridgehead atoms. The third kappa shape index (κ3) is 6.42. The van der Waals surface area contributed by atoms with Gasteiger partial charge in [-0.05, 0) is 64.6 Å². The van der Waals surface area contributed by atoms with E-state index in [1.807, 2.05) is 4.90 Å². The van der Waals surface area contributed by atoms with E-state index in [1.54, 1.807) is 0 Å². The first-order chi connectivity index (χ1) is 14.1. The number of amides is 2. The molecule has 2 aliphatic heterocycles. The molecule has 3 fully saturated rings. The van der Waals surface area contributed by atoms with Crippen LogP contribution in [0.2, 0.25) is 0 Å². The molecule has 2 heterocycles. The lowest BCUT2D eigenvalue weighted by molar-refractivity contribution is -0.124. The van der Waals surface area contributed by atoms with Gasteiger partial charge in [-0.2, -0.15) is 0 Å². The molecule has 1 saturated carbocycles. The molecule has 6 nitrogen and oxygen atoms in total. The van der Waals surface area contributed by atoms with E-state index in [4.69, 9.17) is 0 Å². The van der Waals surface area contributed by atoms with Crippen molar-refractivity contribution in [2.45, 2.75) is 83.7 Å². The van der Waals surface area contributed by atoms with Crippen LogP contribution in [0, 0.1) is 5.92 Å². The number of piperidine rings is 1. The minimum Gasteiger partial charge on any atom is -0.334 e. The second-order valence-electron chi connectivity index (χ2n) is 9.32. The van der Waals surface area contributed by atoms with Crippen LogP contribution in [0.5, 0.6) is 0 Å². The Morgan fingerprint density at radius 3 is 2.62 bits per heavy atom. The molecule has 3 rings (SSSR count). The number of urea groups is 1. The van der Waals surface area contributed by atoms with Gasteiger partial charge in [0.2, 0.25) is 0 Å². The molecular weight excluding hydrogens is 364 g/mol. The number of carbonyl (C=O) groups is 2. The maximum atomic E-state index is 13.0. The SMILES string of the molecule is CCCN1C[C@@H](NC(=O)N(CC)CCN2CCCCCC2)C[C@@H]2CC(=O)CC[C@H]21.[HH]. The number of nitrogens with zero attached hydrogens (tertiary/aromatic N) is 3. The van der Waals surface area contributed by atoms with Crippen LogP contribution < -0.4 is 5.32 Å². The maximum Gasteiger partial charge on any atom is 0.317 e. The fourth-order valence-electron chi connectivity index (χ4n) is 5.59. The summed E-state index contributed by atoms with van der Waals surface area (Å²) in [6, 6.07) is 0.768. The van der Waals surface area contributed by atoms with Gasteiger partial charge in [0.1, 0.15) is 5.78 Å². The predicted octanol–water partition coefficient (Wildman–Crippen LogP) is 3.36. The van der Waals surface area contributed by atoms with Crippen molar-refractivity contribution in [3.8, 4) is 0 Å². The van der Waals surface area contributed by atoms with Gasteiger partial charge in [-0.3, -0.25) is 9.69 Å². The standard InChI is InChI=1S/C23H42N4O2.H2/c1-3-11-27-18-20(16-19-17-21(28)9-10-22(19)27)24-23(29)26(4-2)15-14-25-12-7-5-6-8-13-25;/h19-20,22H,3-18H2,1-2H3,(H,24,29);1H/t19-,20+,22-;/m1./s1. The molecule has 0 unspecified atom stereocenters. The smallest absolute Gasteiger partial charge is 0.317 e. The van der Waals surface area contributed by atoms with Gasteiger partial charge in [-0.1, -0.05) is 19.8 Å². The van der Waals surface area contributed by atoms with Gasteiger partial charge in [0.15, 0.2) is 0 Å². The number of rotatable bonds is 7. The average Bonchev–Trinajstić information content (AvgIpc) is 2.97. The van der Waals surface area contributed by atoms with Gasteiger partial charge >= 0.3 is 6.03 Å². The second kappa shape index (κ2) is 11.3. The Kier molecular flexibility index (Phi) is 8.79. The van der Waals surface area contributed by atoms with E-state index in [2.05, 4.69) is 29.0 Å². The van der Waals surface area contributed by atoms with Crippen LogP contribution in [0.3, 0.4) is 0 Å². The Hall–Kier alpha value is -1.14. The Morgan fingerprint density at radius 2 is 1.93 bits per heavy atom. The van der Waals surface area contributed by atoms with Crippen molar-refractivity contribution in [3.05, 3.63) is 0 Å². The summed E-state index contributed by atoms with van der Waals surface area (Å²) >= 11 is 0. The molecule has 2 saturated heterocycles. The largest absolute Gasteiger partial charge is 0.334 e. The number of hydrogen-bond donors (Lipinski definition) is 1. The molecule has 0 spiro atoms. The lowest BCUT2D eigenvalue weighted by atomic mass is 9.76. The van der Waals surface area contributed by atoms with E-state index in [0.717, 1.165) is 58.4 Å². The van der Waals surface area contributed by atoms with E-state index in [0.29, 0.717) is 24.2 Å². The number of Topliss-reactive ketones (excluding diaryl/α,β-unsaturated/α-hetero) is 1. The molecule has 0 aromatic heterocycles. The van der Waals surface area contributed by atoms with Crippen molar-refractivity contribution in [1.82, 2.24) is 20.0 Å². The highest BCUT2D eigenvalue weighted by Crippen LogP contribution is 2.34. The molecule has 1 aliphatic carbocycles. The van der Waals surface area contributed by atoms with E-state index in [-0.39, 0.29) is 13.5 Å². The van der Waals surface area contributed by atoms with Crippen LogP contribution in [0.25, 0.3) is 0 Å². The Labute approximate surface area is 178 Å². The molecule has 3 atom stereocenters. The Balaban J connectivity index is 0.00000320. The number of carbonyl (C=O) groups excluding carboxylic acids is 2. The van der Waals surface area contributed by atoms with Crippen LogP contribution in [0.15, 0.2) is 0 Å². The van der Waals surface area contributed by atoms with Crippen LogP contribution in [0.1, 0.15) is 73.1 Å². The lowest BCUT2D eigenvalue weighted by Gasteiger charge is -2.47. The fraction of sp³-hybridized carbons (Fsp3) is 0.913. The summed E-state index contributed by atoms with van der Waals surface area (Å²) in [5.41, 5.74) is 0. The molecule has 6 heteroatoms. The number of hydrogen-bond acceptors (Lipinski definition) is 4. The Bertz CT molecular complexity index is 539. The van der Waals surface area contributed by atoms with E-state index < -0.39 is 0 Å². The molecule has 0 radical (unpaired) electrons. The molecule has 29 heavy (non-hydrogen) atoms. The van der Waals surface area contributed by atoms with Crippen molar-refractivity contribution in [1.29, 1.82) is 0 Å². The summed E-state index contributed by atoms with van der Waals surface area (Å²) in [7, 11) is 0. The average molecular weight is 409 g/mol. The monoisotopic (exact) mass is 408 g/mol. The van der Waals surface area contributed by atoms with Crippen LogP contribution in [0.4, 0.5) is 4.79 Å². The zero-order chi connectivity index (χ0) is 20.6. The minimum atomic E-state index is 0. The first-order valence-electron chi connectivity index (χ1n) is 12.1. The highest BCUT2D eigenvalue weighted by Gasteiger charge is 2.39. The molecule has 2 amide bonds. The summed E-state index contributed by atoms with van der Waals surface area (Å²) in [5.74, 6) is 0.816. The molecule has 3 aliphatic rings. The zero-order valence-electron chi connectivity index (χ0n) is 18.7. The summed E-state index contributed by atoms with van der Waals surface area (Å²) < 4.78 is 0. The van der Waals surface area contributed by atoms with Crippen LogP contribution in [-0.2, 0) is 4.79 Å². The third-order valence-electron chi connectivity index (χ3n) is 7.16. The Morgan fingerprint density at radius 1 is 1.17 bits per heavy atom. The number of likely N-dealkylation sites (tertiary alicyclic amines) is 2. The lowest BCUT2D eigenvalue weighted by Crippen LogP contribution is -2.59. The number of ketones is 1. The van der Waals surface area contributed by atoms with E-state index in [9.17, 15) is 9.59 Å². The molecule has 168 valence electrons. The van der Waals surface area contributed by atoms with Crippen LogP contribution >= 0.6 is 0 Å². The molecular formula is C23H44N4O2. The van der Waals surface area contributed by atoms with Gasteiger partial charge in [0.05, 0.1) is 0 Å². The highest BCUT2D eigenvalue weighted by molar-refractivity contribution is 5.79. The summed E-state index contributed by atoms with van der Waals surface area (Å²) in [6.07, 6.45) is 9.76. The number of nitrogens with one attached hydrogen (secondary N) is 1. The third-order valence-corrected chi connectivity index (χ3v) is 7.16. The van der Waals surface area contributed by atoms with E-state index in [1.165, 1.54) is 38.8 Å². The summed E-state index contributed by atoms with van der Waals surface area (Å²) in [5, 5.41) is 3.32. The van der Waals surface area contributed by atoms with Crippen molar-refractivity contribution in [2.24, 2.45) is 5.92 Å². The molecule has 0 aromatic carbocycles. The van der Waals surface area contributed by atoms with Gasteiger partial charge in [0, 0.05) is 52.5 Å². The first-order valence-corrected chi connectivity index (χ1v) is 12.1. The van der Waals surface area contributed by atoms with Crippen LogP contribution in [-0.4, -0.2) is 84.4 Å². The fourth-order valence-corrected chi connectivity index (χ4v) is 5.59. The normalized spacial score (nSPS) is 29.2. The van der Waals surface area contributed by atoms with Gasteiger partial charge in [-0.25, -0.2) is 4.79 Å². The van der Waals surface area contributed by atoms with E-state index >= 15 is 0 Å². The number of fused-ring (bicyclic) bond motifs is 1. The first kappa shape index (κ1) is 22.5. The number of likely N-dealkylation sites (N-methyl/N-ethyl adjacent to an activating group) is 1. The van der Waals surface area contributed by atoms with Gasteiger partial charge in [-0.15, -0.1) is 0 Å². The topological polar surface area (TPSA) is 55.9 Å². The molecule has 1 N–H and O–H groups in total. The quantitative estimate of drug-likeness (QED) is 0.702. The second-order valence-corrected chi connectivity index (χ2v) is 9.32. The van der Waals surface area contributed by atoms with Crippen molar-refractivity contribution >= 4 is 11.8 Å². The van der Waals surface area contributed by atoms with Gasteiger partial charge < -0.3 is 15.1 Å².